The molecule has 0 unspecified atom stereocenters. The van der Waals surface area contributed by atoms with E-state index in [2.05, 4.69) is 20.8 Å². The van der Waals surface area contributed by atoms with Crippen LogP contribution in [0.5, 0.6) is 11.5 Å². The van der Waals surface area contributed by atoms with Crippen molar-refractivity contribution in [3.8, 4) is 17.2 Å². The zero-order chi connectivity index (χ0) is 25.2. The third-order valence-corrected chi connectivity index (χ3v) is 6.49. The standard InChI is InChI=1S/C26H27ClFN5O2S.ClH/c1-2-34-24-16-19(15-22(27)25(24)35-18-20-9-6-7-12-23(20)28)17-29-13-8-14-36-26-30-31-32-33(26)21-10-4-3-5-11-21;/h3-7,9-12,15-16,29H,2,8,13-14,17-18H2,1H3;1H. The fourth-order valence-electron chi connectivity index (χ4n) is 3.49. The lowest BCUT2D eigenvalue weighted by Crippen LogP contribution is -2.15. The average Bonchev–Trinajstić information content (AvgIpc) is 3.36. The molecule has 7 nitrogen and oxygen atoms in total. The summed E-state index contributed by atoms with van der Waals surface area (Å²) in [6.45, 7) is 3.86. The normalized spacial score (nSPS) is 10.7. The van der Waals surface area contributed by atoms with Crippen LogP contribution in [-0.4, -0.2) is 39.1 Å². The van der Waals surface area contributed by atoms with Gasteiger partial charge in [0.05, 0.1) is 17.3 Å². The highest BCUT2D eigenvalue weighted by molar-refractivity contribution is 7.99. The first-order valence-electron chi connectivity index (χ1n) is 11.6. The molecule has 0 spiro atoms. The number of nitrogens with one attached hydrogen (secondary N) is 1. The van der Waals surface area contributed by atoms with Crippen molar-refractivity contribution in [1.29, 1.82) is 0 Å². The van der Waals surface area contributed by atoms with E-state index in [4.69, 9.17) is 21.1 Å². The summed E-state index contributed by atoms with van der Waals surface area (Å²) in [5, 5.41) is 16.6. The van der Waals surface area contributed by atoms with E-state index in [-0.39, 0.29) is 24.8 Å². The second-order valence-electron chi connectivity index (χ2n) is 7.81. The van der Waals surface area contributed by atoms with Crippen molar-refractivity contribution in [3.05, 3.63) is 88.7 Å². The lowest BCUT2D eigenvalue weighted by molar-refractivity contribution is 0.266. The molecule has 3 aromatic carbocycles. The minimum Gasteiger partial charge on any atom is -0.490 e. The van der Waals surface area contributed by atoms with E-state index < -0.39 is 0 Å². The molecule has 0 saturated carbocycles. The number of nitrogens with zero attached hydrogens (tertiary/aromatic N) is 4. The van der Waals surface area contributed by atoms with Gasteiger partial charge in [0.15, 0.2) is 11.5 Å². The number of tetrazole rings is 1. The van der Waals surface area contributed by atoms with Crippen molar-refractivity contribution in [3.63, 3.8) is 0 Å². The second kappa shape index (κ2) is 14.8. The quantitative estimate of drug-likeness (QED) is 0.155. The smallest absolute Gasteiger partial charge is 0.214 e. The van der Waals surface area contributed by atoms with Crippen LogP contribution in [0.4, 0.5) is 4.39 Å². The number of rotatable bonds is 13. The largest absolute Gasteiger partial charge is 0.490 e. The first kappa shape index (κ1) is 28.7. The third kappa shape index (κ3) is 8.07. The highest BCUT2D eigenvalue weighted by atomic mass is 35.5. The summed E-state index contributed by atoms with van der Waals surface area (Å²) in [6.07, 6.45) is 0.933. The van der Waals surface area contributed by atoms with Gasteiger partial charge in [-0.2, -0.15) is 4.68 Å². The fourth-order valence-corrected chi connectivity index (χ4v) is 4.60. The Balaban J connectivity index is 0.00000380. The van der Waals surface area contributed by atoms with E-state index in [1.54, 1.807) is 34.6 Å². The molecule has 1 N–H and O–H groups in total. The molecular weight excluding hydrogens is 536 g/mol. The molecule has 11 heteroatoms. The van der Waals surface area contributed by atoms with Gasteiger partial charge in [0, 0.05) is 17.9 Å². The molecule has 4 rings (SSSR count). The molecule has 196 valence electrons. The first-order chi connectivity index (χ1) is 17.7. The van der Waals surface area contributed by atoms with Crippen molar-refractivity contribution in [1.82, 2.24) is 25.5 Å². The van der Waals surface area contributed by atoms with Gasteiger partial charge in [-0.25, -0.2) is 4.39 Å². The molecule has 4 aromatic rings. The van der Waals surface area contributed by atoms with Crippen LogP contribution in [0.25, 0.3) is 5.69 Å². The molecule has 1 aromatic heterocycles. The molecule has 0 radical (unpaired) electrons. The number of ether oxygens (including phenoxy) is 2. The minimum atomic E-state index is -0.317. The number of thioether (sulfide) groups is 1. The lowest BCUT2D eigenvalue weighted by Gasteiger charge is -2.16. The highest BCUT2D eigenvalue weighted by Gasteiger charge is 2.14. The molecule has 0 fully saturated rings. The Hall–Kier alpha value is -2.85. The van der Waals surface area contributed by atoms with Gasteiger partial charge >= 0.3 is 0 Å². The fraction of sp³-hybridized carbons (Fsp3) is 0.269. The zero-order valence-corrected chi connectivity index (χ0v) is 22.7. The molecule has 0 bridgehead atoms. The molecule has 0 aliphatic carbocycles. The Morgan fingerprint density at radius 3 is 2.62 bits per heavy atom. The van der Waals surface area contributed by atoms with Gasteiger partial charge in [0.25, 0.3) is 0 Å². The van der Waals surface area contributed by atoms with Crippen molar-refractivity contribution in [2.75, 3.05) is 18.9 Å². The van der Waals surface area contributed by atoms with Crippen LogP contribution in [0.15, 0.2) is 71.9 Å². The first-order valence-corrected chi connectivity index (χ1v) is 13.0. The monoisotopic (exact) mass is 563 g/mol. The van der Waals surface area contributed by atoms with Crippen LogP contribution in [0.3, 0.4) is 0 Å². The van der Waals surface area contributed by atoms with Crippen molar-refractivity contribution in [2.24, 2.45) is 0 Å². The van der Waals surface area contributed by atoms with E-state index in [1.807, 2.05) is 49.4 Å². The Kier molecular flexibility index (Phi) is 11.5. The van der Waals surface area contributed by atoms with Gasteiger partial charge in [-0.05, 0) is 66.2 Å². The number of aromatic nitrogens is 4. The minimum absolute atomic E-state index is 0. The number of halogens is 3. The van der Waals surface area contributed by atoms with Crippen LogP contribution >= 0.6 is 35.8 Å². The summed E-state index contributed by atoms with van der Waals surface area (Å²) in [7, 11) is 0. The summed E-state index contributed by atoms with van der Waals surface area (Å²) >= 11 is 8.13. The maximum absolute atomic E-state index is 13.9. The van der Waals surface area contributed by atoms with Crippen LogP contribution < -0.4 is 14.8 Å². The Labute approximate surface area is 231 Å². The van der Waals surface area contributed by atoms with Gasteiger partial charge in [0.1, 0.15) is 12.4 Å². The Morgan fingerprint density at radius 1 is 1.05 bits per heavy atom. The van der Waals surface area contributed by atoms with Gasteiger partial charge in [-0.3, -0.25) is 0 Å². The molecular formula is C26H28Cl2FN5O2S. The summed E-state index contributed by atoms with van der Waals surface area (Å²) in [5.74, 6) is 1.51. The molecule has 0 atom stereocenters. The maximum Gasteiger partial charge on any atom is 0.214 e. The lowest BCUT2D eigenvalue weighted by atomic mass is 10.2. The predicted molar refractivity (Wildman–Crippen MR) is 147 cm³/mol. The average molecular weight is 565 g/mol. The van der Waals surface area contributed by atoms with Crippen LogP contribution in [0, 0.1) is 5.82 Å². The summed E-state index contributed by atoms with van der Waals surface area (Å²) < 4.78 is 27.3. The molecule has 0 saturated heterocycles. The van der Waals surface area contributed by atoms with E-state index in [9.17, 15) is 4.39 Å². The number of hydrogen-bond donors (Lipinski definition) is 1. The van der Waals surface area contributed by atoms with E-state index >= 15 is 0 Å². The molecule has 1 heterocycles. The molecule has 0 aliphatic rings. The van der Waals surface area contributed by atoms with Gasteiger partial charge in [0.2, 0.25) is 5.16 Å². The summed E-state index contributed by atoms with van der Waals surface area (Å²) in [5.41, 5.74) is 2.37. The molecule has 0 amide bonds. The zero-order valence-electron chi connectivity index (χ0n) is 20.3. The second-order valence-corrected chi connectivity index (χ2v) is 9.27. The van der Waals surface area contributed by atoms with E-state index in [0.717, 1.165) is 35.1 Å². The number of hydrogen-bond acceptors (Lipinski definition) is 7. The van der Waals surface area contributed by atoms with Crippen molar-refractivity contribution < 1.29 is 13.9 Å². The Bertz CT molecular complexity index is 1260. The predicted octanol–water partition coefficient (Wildman–Crippen LogP) is 6.13. The highest BCUT2D eigenvalue weighted by Crippen LogP contribution is 2.37. The van der Waals surface area contributed by atoms with Crippen molar-refractivity contribution >= 4 is 35.8 Å². The molecule has 0 aliphatic heterocycles. The van der Waals surface area contributed by atoms with Crippen LogP contribution in [0.2, 0.25) is 5.02 Å². The van der Waals surface area contributed by atoms with Crippen molar-refractivity contribution in [2.45, 2.75) is 31.7 Å². The number of para-hydroxylation sites is 1. The van der Waals surface area contributed by atoms with Gasteiger partial charge in [-0.15, -0.1) is 17.5 Å². The molecule has 37 heavy (non-hydrogen) atoms. The summed E-state index contributed by atoms with van der Waals surface area (Å²) in [6, 6.07) is 20.1. The van der Waals surface area contributed by atoms with Gasteiger partial charge < -0.3 is 14.8 Å². The Morgan fingerprint density at radius 2 is 1.84 bits per heavy atom. The van der Waals surface area contributed by atoms with E-state index in [0.29, 0.717) is 35.2 Å². The number of benzene rings is 3. The maximum atomic E-state index is 13.9. The van der Waals surface area contributed by atoms with Crippen LogP contribution in [-0.2, 0) is 13.2 Å². The van der Waals surface area contributed by atoms with E-state index in [1.165, 1.54) is 6.07 Å². The SMILES string of the molecule is CCOc1cc(CNCCCSc2nnnn2-c2ccccc2)cc(Cl)c1OCc1ccccc1F.Cl. The topological polar surface area (TPSA) is 74.1 Å². The third-order valence-electron chi connectivity index (χ3n) is 5.20. The summed E-state index contributed by atoms with van der Waals surface area (Å²) in [4.78, 5) is 0. The van der Waals surface area contributed by atoms with Crippen LogP contribution in [0.1, 0.15) is 24.5 Å². The van der Waals surface area contributed by atoms with Gasteiger partial charge in [-0.1, -0.05) is 59.8 Å².